The summed E-state index contributed by atoms with van der Waals surface area (Å²) >= 11 is 3.50. The molecule has 2 aromatic rings. The van der Waals surface area contributed by atoms with E-state index >= 15 is 0 Å². The first-order chi connectivity index (χ1) is 8.24. The number of hydrogen-bond donors (Lipinski definition) is 1. The predicted octanol–water partition coefficient (Wildman–Crippen LogP) is 3.17. The summed E-state index contributed by atoms with van der Waals surface area (Å²) in [6, 6.07) is 2.28. The third-order valence-electron chi connectivity index (χ3n) is 3.04. The van der Waals surface area contributed by atoms with Crippen molar-refractivity contribution in [1.29, 1.82) is 0 Å². The van der Waals surface area contributed by atoms with Crippen LogP contribution < -0.4 is 5.73 Å². The van der Waals surface area contributed by atoms with E-state index in [4.69, 9.17) is 5.73 Å². The van der Waals surface area contributed by atoms with Gasteiger partial charge in [-0.15, -0.1) is 21.5 Å². The molecule has 3 rings (SSSR count). The van der Waals surface area contributed by atoms with Crippen molar-refractivity contribution in [3.05, 3.63) is 21.5 Å². The second-order valence-electron chi connectivity index (χ2n) is 4.50. The van der Waals surface area contributed by atoms with Gasteiger partial charge in [-0.05, 0) is 44.2 Å². The molecule has 0 bridgehead atoms. The summed E-state index contributed by atoms with van der Waals surface area (Å²) in [6.07, 6.45) is 5.11. The second kappa shape index (κ2) is 4.48. The third kappa shape index (κ3) is 2.14. The summed E-state index contributed by atoms with van der Waals surface area (Å²) in [5.41, 5.74) is 7.34. The molecule has 2 heterocycles. The third-order valence-corrected chi connectivity index (χ3v) is 5.57. The maximum atomic E-state index is 5.81. The van der Waals surface area contributed by atoms with E-state index in [0.717, 1.165) is 10.0 Å². The van der Waals surface area contributed by atoms with Gasteiger partial charge in [0.1, 0.15) is 5.01 Å². The van der Waals surface area contributed by atoms with Crippen LogP contribution in [0.1, 0.15) is 41.3 Å². The molecule has 0 saturated heterocycles. The number of nitrogens with zero attached hydrogens (tertiary/aromatic N) is 2. The van der Waals surface area contributed by atoms with Crippen LogP contribution in [0.15, 0.2) is 6.07 Å². The van der Waals surface area contributed by atoms with Gasteiger partial charge in [-0.1, -0.05) is 11.3 Å². The van der Waals surface area contributed by atoms with E-state index < -0.39 is 0 Å². The average molecular weight is 265 g/mol. The van der Waals surface area contributed by atoms with Gasteiger partial charge in [-0.3, -0.25) is 0 Å². The van der Waals surface area contributed by atoms with Crippen LogP contribution in [0, 0.1) is 0 Å². The molecule has 0 amide bonds. The minimum atomic E-state index is -0.0177. The molecular weight excluding hydrogens is 250 g/mol. The molecule has 1 atom stereocenters. The molecule has 0 aromatic carbocycles. The molecule has 1 aliphatic carbocycles. The number of aryl methyl sites for hydroxylation is 2. The highest BCUT2D eigenvalue weighted by atomic mass is 32.1. The lowest BCUT2D eigenvalue weighted by Gasteiger charge is -2.08. The molecule has 0 aliphatic heterocycles. The van der Waals surface area contributed by atoms with E-state index in [1.54, 1.807) is 16.2 Å². The highest BCUT2D eigenvalue weighted by Gasteiger charge is 2.17. The largest absolute Gasteiger partial charge is 0.322 e. The van der Waals surface area contributed by atoms with Crippen molar-refractivity contribution in [2.45, 2.75) is 38.6 Å². The summed E-state index contributed by atoms with van der Waals surface area (Å²) in [5.74, 6) is 0. The van der Waals surface area contributed by atoms with Gasteiger partial charge in [0.2, 0.25) is 0 Å². The summed E-state index contributed by atoms with van der Waals surface area (Å²) in [7, 11) is 0. The highest BCUT2D eigenvalue weighted by Crippen LogP contribution is 2.37. The van der Waals surface area contributed by atoms with Gasteiger partial charge in [0.15, 0.2) is 5.01 Å². The maximum absolute atomic E-state index is 5.81. The predicted molar refractivity (Wildman–Crippen MR) is 72.5 cm³/mol. The number of thiophene rings is 1. The normalized spacial score (nSPS) is 16.8. The van der Waals surface area contributed by atoms with E-state index in [9.17, 15) is 0 Å². The van der Waals surface area contributed by atoms with Gasteiger partial charge < -0.3 is 5.73 Å². The number of hydrogen-bond acceptors (Lipinski definition) is 5. The van der Waals surface area contributed by atoms with Gasteiger partial charge in [0, 0.05) is 4.88 Å². The number of aromatic nitrogens is 2. The van der Waals surface area contributed by atoms with Crippen molar-refractivity contribution in [3.63, 3.8) is 0 Å². The summed E-state index contributed by atoms with van der Waals surface area (Å²) in [4.78, 5) is 2.81. The van der Waals surface area contributed by atoms with Crippen LogP contribution >= 0.6 is 22.7 Å². The molecule has 2 N–H and O–H groups in total. The van der Waals surface area contributed by atoms with Crippen LogP contribution in [0.5, 0.6) is 0 Å². The quantitative estimate of drug-likeness (QED) is 0.907. The van der Waals surface area contributed by atoms with Crippen molar-refractivity contribution >= 4 is 22.7 Å². The molecule has 1 unspecified atom stereocenters. The fourth-order valence-corrected chi connectivity index (χ4v) is 4.20. The Labute approximate surface area is 109 Å². The Morgan fingerprint density at radius 2 is 2.06 bits per heavy atom. The van der Waals surface area contributed by atoms with Crippen LogP contribution in [-0.4, -0.2) is 10.2 Å². The van der Waals surface area contributed by atoms with Gasteiger partial charge in [0.25, 0.3) is 0 Å². The van der Waals surface area contributed by atoms with Crippen molar-refractivity contribution in [2.75, 3.05) is 0 Å². The summed E-state index contributed by atoms with van der Waals surface area (Å²) in [6.45, 7) is 1.95. The summed E-state index contributed by atoms with van der Waals surface area (Å²) in [5, 5.41) is 10.3. The van der Waals surface area contributed by atoms with Crippen LogP contribution in [0.3, 0.4) is 0 Å². The van der Waals surface area contributed by atoms with Crippen LogP contribution in [0.2, 0.25) is 0 Å². The Hall–Kier alpha value is -0.780. The molecule has 17 heavy (non-hydrogen) atoms. The Morgan fingerprint density at radius 1 is 1.24 bits per heavy atom. The van der Waals surface area contributed by atoms with Crippen LogP contribution in [0.4, 0.5) is 0 Å². The lowest BCUT2D eigenvalue weighted by molar-refractivity contribution is 0.697. The highest BCUT2D eigenvalue weighted by molar-refractivity contribution is 7.21. The van der Waals surface area contributed by atoms with Crippen molar-refractivity contribution in [2.24, 2.45) is 5.73 Å². The molecular formula is C12H15N3S2. The van der Waals surface area contributed by atoms with Gasteiger partial charge in [0.05, 0.1) is 10.9 Å². The van der Waals surface area contributed by atoms with Crippen molar-refractivity contribution in [1.82, 2.24) is 10.2 Å². The van der Waals surface area contributed by atoms with Gasteiger partial charge >= 0.3 is 0 Å². The Bertz CT molecular complexity index is 504. The molecule has 2 aromatic heterocycles. The smallest absolute Gasteiger partial charge is 0.157 e. The lowest BCUT2D eigenvalue weighted by atomic mass is 9.99. The number of fused-ring (bicyclic) bond motifs is 1. The first kappa shape index (κ1) is 11.3. The van der Waals surface area contributed by atoms with Crippen molar-refractivity contribution < 1.29 is 0 Å². The zero-order valence-electron chi connectivity index (χ0n) is 9.77. The minimum Gasteiger partial charge on any atom is -0.322 e. The molecule has 0 fully saturated rings. The standard InChI is InChI=1S/C12H15N3S2/c1-7(13)11-14-15-12(17-11)10-6-8-4-2-3-5-9(8)16-10/h6-7H,2-5,13H2,1H3. The maximum Gasteiger partial charge on any atom is 0.157 e. The fraction of sp³-hybridized carbons (Fsp3) is 0.500. The molecule has 3 nitrogen and oxygen atoms in total. The Balaban J connectivity index is 1.94. The Kier molecular flexibility index (Phi) is 2.98. The van der Waals surface area contributed by atoms with Crippen LogP contribution in [0.25, 0.3) is 9.88 Å². The first-order valence-electron chi connectivity index (χ1n) is 5.95. The van der Waals surface area contributed by atoms with E-state index in [0.29, 0.717) is 0 Å². The van der Waals surface area contributed by atoms with E-state index in [-0.39, 0.29) is 6.04 Å². The first-order valence-corrected chi connectivity index (χ1v) is 7.58. The van der Waals surface area contributed by atoms with Gasteiger partial charge in [-0.2, -0.15) is 0 Å². The topological polar surface area (TPSA) is 51.8 Å². The fourth-order valence-electron chi connectivity index (χ4n) is 2.11. The SMILES string of the molecule is CC(N)c1nnc(-c2cc3c(s2)CCCC3)s1. The molecule has 5 heteroatoms. The molecule has 90 valence electrons. The Morgan fingerprint density at radius 3 is 2.76 bits per heavy atom. The van der Waals surface area contributed by atoms with E-state index in [1.165, 1.54) is 36.1 Å². The zero-order valence-corrected chi connectivity index (χ0v) is 11.4. The lowest BCUT2D eigenvalue weighted by Crippen LogP contribution is -2.03. The molecule has 0 saturated carbocycles. The second-order valence-corrected chi connectivity index (χ2v) is 6.65. The molecule has 0 radical (unpaired) electrons. The van der Waals surface area contributed by atoms with E-state index in [1.807, 2.05) is 18.3 Å². The number of nitrogens with two attached hydrogens (primary N) is 1. The zero-order chi connectivity index (χ0) is 11.8. The van der Waals surface area contributed by atoms with Crippen LogP contribution in [-0.2, 0) is 12.8 Å². The minimum absolute atomic E-state index is 0.0177. The molecule has 0 spiro atoms. The number of rotatable bonds is 2. The monoisotopic (exact) mass is 265 g/mol. The molecule has 1 aliphatic rings. The summed E-state index contributed by atoms with van der Waals surface area (Å²) < 4.78 is 0. The van der Waals surface area contributed by atoms with Crippen molar-refractivity contribution in [3.8, 4) is 9.88 Å². The van der Waals surface area contributed by atoms with Gasteiger partial charge in [-0.25, -0.2) is 0 Å². The average Bonchev–Trinajstić information content (AvgIpc) is 2.95. The van der Waals surface area contributed by atoms with E-state index in [2.05, 4.69) is 16.3 Å².